The summed E-state index contributed by atoms with van der Waals surface area (Å²) < 4.78 is 16.2. The van der Waals surface area contributed by atoms with Crippen molar-refractivity contribution in [3.8, 4) is 5.69 Å². The molecule has 0 bridgehead atoms. The van der Waals surface area contributed by atoms with Gasteiger partial charge < -0.3 is 4.90 Å². The van der Waals surface area contributed by atoms with Crippen molar-refractivity contribution in [3.05, 3.63) is 104 Å². The number of benzene rings is 2. The van der Waals surface area contributed by atoms with Crippen LogP contribution in [0.3, 0.4) is 0 Å². The molecule has 0 saturated heterocycles. The van der Waals surface area contributed by atoms with Crippen molar-refractivity contribution in [3.63, 3.8) is 0 Å². The summed E-state index contributed by atoms with van der Waals surface area (Å²) >= 11 is 0. The molecular weight excluding hydrogens is 435 g/mol. The molecule has 2 aromatic heterocycles. The summed E-state index contributed by atoms with van der Waals surface area (Å²) in [4.78, 5) is 46.8. The number of amides is 1. The number of para-hydroxylation sites is 1. The molecular formula is C26H25FN4O3. The second-order valence-corrected chi connectivity index (χ2v) is 7.96. The molecule has 0 atom stereocenters. The molecule has 0 unspecified atom stereocenters. The van der Waals surface area contributed by atoms with Crippen LogP contribution in [0, 0.1) is 12.7 Å². The Kier molecular flexibility index (Phi) is 6.40. The van der Waals surface area contributed by atoms with Crippen LogP contribution in [0.25, 0.3) is 16.7 Å². The predicted molar refractivity (Wildman–Crippen MR) is 129 cm³/mol. The monoisotopic (exact) mass is 460 g/mol. The van der Waals surface area contributed by atoms with E-state index in [1.165, 1.54) is 22.8 Å². The third-order valence-corrected chi connectivity index (χ3v) is 5.75. The van der Waals surface area contributed by atoms with Crippen molar-refractivity contribution in [2.75, 3.05) is 13.1 Å². The Labute approximate surface area is 195 Å². The van der Waals surface area contributed by atoms with E-state index in [-0.39, 0.29) is 29.0 Å². The summed E-state index contributed by atoms with van der Waals surface area (Å²) in [6.45, 7) is 6.23. The molecule has 0 aliphatic heterocycles. The SMILES string of the molecule is CCN(CC)C(=O)c1cc(C)nc2c1c(=O)n(Cc1cccc(F)c1)c(=O)n2-c1ccccc1. The molecule has 0 radical (unpaired) electrons. The first-order valence-corrected chi connectivity index (χ1v) is 11.1. The average molecular weight is 461 g/mol. The Bertz CT molecular complexity index is 1490. The van der Waals surface area contributed by atoms with Gasteiger partial charge in [0.05, 0.1) is 23.2 Å². The Hall–Kier alpha value is -4.07. The van der Waals surface area contributed by atoms with Gasteiger partial charge in [-0.25, -0.2) is 18.7 Å². The standard InChI is InChI=1S/C26H25FN4O3/c1-4-29(5-2)24(32)21-14-17(3)28-23-22(21)25(33)30(16-18-10-9-11-19(27)15-18)26(34)31(23)20-12-7-6-8-13-20/h6-15H,4-5,16H2,1-3H3. The first-order chi connectivity index (χ1) is 16.3. The van der Waals surface area contributed by atoms with E-state index in [1.54, 1.807) is 48.2 Å². The van der Waals surface area contributed by atoms with Crippen molar-refractivity contribution in [1.29, 1.82) is 0 Å². The number of rotatable bonds is 6. The average Bonchev–Trinajstić information content (AvgIpc) is 2.82. The zero-order valence-electron chi connectivity index (χ0n) is 19.3. The minimum absolute atomic E-state index is 0.0577. The molecule has 2 aromatic carbocycles. The molecule has 174 valence electrons. The van der Waals surface area contributed by atoms with Crippen LogP contribution >= 0.6 is 0 Å². The normalized spacial score (nSPS) is 11.1. The number of pyridine rings is 1. The number of aromatic nitrogens is 3. The van der Waals surface area contributed by atoms with Crippen molar-refractivity contribution in [2.24, 2.45) is 0 Å². The van der Waals surface area contributed by atoms with Gasteiger partial charge >= 0.3 is 5.69 Å². The third kappa shape index (κ3) is 4.14. The van der Waals surface area contributed by atoms with Crippen LogP contribution in [-0.2, 0) is 6.54 Å². The second-order valence-electron chi connectivity index (χ2n) is 7.96. The highest BCUT2D eigenvalue weighted by Gasteiger charge is 2.24. The first-order valence-electron chi connectivity index (χ1n) is 11.1. The number of carbonyl (C=O) groups excluding carboxylic acids is 1. The molecule has 0 fully saturated rings. The lowest BCUT2D eigenvalue weighted by atomic mass is 10.1. The van der Waals surface area contributed by atoms with Crippen LogP contribution in [0.4, 0.5) is 4.39 Å². The molecule has 2 heterocycles. The van der Waals surface area contributed by atoms with Gasteiger partial charge in [0.25, 0.3) is 11.5 Å². The van der Waals surface area contributed by atoms with Gasteiger partial charge in [0, 0.05) is 18.8 Å². The van der Waals surface area contributed by atoms with Crippen LogP contribution in [0.1, 0.15) is 35.5 Å². The van der Waals surface area contributed by atoms with Crippen LogP contribution in [0.15, 0.2) is 70.3 Å². The van der Waals surface area contributed by atoms with Crippen molar-refractivity contribution in [1.82, 2.24) is 19.0 Å². The number of aryl methyl sites for hydroxylation is 1. The fourth-order valence-electron chi connectivity index (χ4n) is 4.08. The summed E-state index contributed by atoms with van der Waals surface area (Å²) in [6, 6.07) is 16.1. The van der Waals surface area contributed by atoms with E-state index < -0.39 is 17.1 Å². The van der Waals surface area contributed by atoms with E-state index in [1.807, 2.05) is 19.9 Å². The molecule has 0 saturated carbocycles. The maximum absolute atomic E-state index is 13.8. The fraction of sp³-hybridized carbons (Fsp3) is 0.231. The summed E-state index contributed by atoms with van der Waals surface area (Å²) in [5.41, 5.74) is 0.516. The second kappa shape index (κ2) is 9.43. The maximum Gasteiger partial charge on any atom is 0.337 e. The Morgan fingerprint density at radius 3 is 2.35 bits per heavy atom. The summed E-state index contributed by atoms with van der Waals surface area (Å²) in [7, 11) is 0. The number of halogens is 1. The maximum atomic E-state index is 13.8. The van der Waals surface area contributed by atoms with E-state index in [0.717, 1.165) is 4.57 Å². The smallest absolute Gasteiger partial charge is 0.337 e. The Morgan fingerprint density at radius 2 is 1.71 bits per heavy atom. The molecule has 8 heteroatoms. The van der Waals surface area contributed by atoms with Gasteiger partial charge in [0.1, 0.15) is 5.82 Å². The van der Waals surface area contributed by atoms with E-state index in [4.69, 9.17) is 0 Å². The van der Waals surface area contributed by atoms with Gasteiger partial charge in [-0.15, -0.1) is 0 Å². The van der Waals surface area contributed by atoms with Gasteiger partial charge in [-0.1, -0.05) is 30.3 Å². The molecule has 0 aliphatic rings. The topological polar surface area (TPSA) is 77.2 Å². The van der Waals surface area contributed by atoms with E-state index >= 15 is 0 Å². The summed E-state index contributed by atoms with van der Waals surface area (Å²) in [5, 5.41) is 0.0577. The highest BCUT2D eigenvalue weighted by molar-refractivity contribution is 6.05. The fourth-order valence-corrected chi connectivity index (χ4v) is 4.08. The van der Waals surface area contributed by atoms with E-state index in [0.29, 0.717) is 30.0 Å². The molecule has 7 nitrogen and oxygen atoms in total. The summed E-state index contributed by atoms with van der Waals surface area (Å²) in [5.74, 6) is -0.780. The zero-order valence-corrected chi connectivity index (χ0v) is 19.3. The molecule has 0 aliphatic carbocycles. The molecule has 4 aromatic rings. The largest absolute Gasteiger partial charge is 0.339 e. The van der Waals surface area contributed by atoms with Gasteiger partial charge in [-0.3, -0.25) is 14.2 Å². The van der Waals surface area contributed by atoms with Gasteiger partial charge in [-0.2, -0.15) is 0 Å². The highest BCUT2D eigenvalue weighted by Crippen LogP contribution is 2.19. The van der Waals surface area contributed by atoms with Crippen molar-refractivity contribution >= 4 is 16.9 Å². The molecule has 0 spiro atoms. The van der Waals surface area contributed by atoms with Crippen molar-refractivity contribution in [2.45, 2.75) is 27.3 Å². The molecule has 1 amide bonds. The number of hydrogen-bond donors (Lipinski definition) is 0. The zero-order chi connectivity index (χ0) is 24.4. The predicted octanol–water partition coefficient (Wildman–Crippen LogP) is 3.53. The first kappa shape index (κ1) is 23.1. The summed E-state index contributed by atoms with van der Waals surface area (Å²) in [6.07, 6.45) is 0. The molecule has 34 heavy (non-hydrogen) atoms. The minimum atomic E-state index is -0.639. The lowest BCUT2D eigenvalue weighted by molar-refractivity contribution is 0.0774. The van der Waals surface area contributed by atoms with Gasteiger partial charge in [0.15, 0.2) is 5.65 Å². The van der Waals surface area contributed by atoms with Gasteiger partial charge in [-0.05, 0) is 56.7 Å². The van der Waals surface area contributed by atoms with E-state index in [9.17, 15) is 18.8 Å². The quantitative estimate of drug-likeness (QED) is 0.441. The highest BCUT2D eigenvalue weighted by atomic mass is 19.1. The minimum Gasteiger partial charge on any atom is -0.339 e. The van der Waals surface area contributed by atoms with Crippen LogP contribution in [0.2, 0.25) is 0 Å². The van der Waals surface area contributed by atoms with Crippen LogP contribution < -0.4 is 11.2 Å². The molecule has 4 rings (SSSR count). The number of fused-ring (bicyclic) bond motifs is 1. The molecule has 0 N–H and O–H groups in total. The Balaban J connectivity index is 2.12. The lowest BCUT2D eigenvalue weighted by Gasteiger charge is -2.21. The lowest BCUT2D eigenvalue weighted by Crippen LogP contribution is -2.41. The number of nitrogens with zero attached hydrogens (tertiary/aromatic N) is 4. The Morgan fingerprint density at radius 1 is 1.00 bits per heavy atom. The number of carbonyl (C=O) groups is 1. The van der Waals surface area contributed by atoms with Gasteiger partial charge in [0.2, 0.25) is 0 Å². The van der Waals surface area contributed by atoms with E-state index in [2.05, 4.69) is 4.98 Å². The van der Waals surface area contributed by atoms with Crippen LogP contribution in [0.5, 0.6) is 0 Å². The van der Waals surface area contributed by atoms with Crippen molar-refractivity contribution < 1.29 is 9.18 Å². The van der Waals surface area contributed by atoms with Crippen LogP contribution in [-0.4, -0.2) is 38.0 Å². The third-order valence-electron chi connectivity index (χ3n) is 5.75. The number of hydrogen-bond acceptors (Lipinski definition) is 4.